The Labute approximate surface area is 122 Å². The molecule has 0 aliphatic heterocycles. The van der Waals surface area contributed by atoms with Crippen LogP contribution in [0, 0.1) is 24.4 Å². The molecule has 0 heterocycles. The van der Waals surface area contributed by atoms with E-state index in [1.807, 2.05) is 38.1 Å². The average Bonchev–Trinajstić information content (AvgIpc) is 2.46. The van der Waals surface area contributed by atoms with E-state index < -0.39 is 17.5 Å². The molecule has 0 radical (unpaired) electrons. The second kappa shape index (κ2) is 6.76. The Bertz CT molecular complexity index is 602. The topological polar surface area (TPSA) is 12.0 Å². The fraction of sp³-hybridized carbons (Fsp3) is 0.294. The van der Waals surface area contributed by atoms with E-state index in [4.69, 9.17) is 0 Å². The summed E-state index contributed by atoms with van der Waals surface area (Å²) in [5.41, 5.74) is 2.32. The predicted molar refractivity (Wildman–Crippen MR) is 77.6 cm³/mol. The van der Waals surface area contributed by atoms with E-state index in [0.29, 0.717) is 12.1 Å². The van der Waals surface area contributed by atoms with E-state index in [2.05, 4.69) is 5.32 Å². The zero-order chi connectivity index (χ0) is 15.4. The molecule has 1 unspecified atom stereocenters. The smallest absolute Gasteiger partial charge is 0.194 e. The highest BCUT2D eigenvalue weighted by atomic mass is 19.2. The third-order valence-electron chi connectivity index (χ3n) is 3.44. The SMILES string of the molecule is CCCNC(c1cc(F)c(F)c(F)c1)c1ccccc1C. The van der Waals surface area contributed by atoms with Crippen molar-refractivity contribution in [2.45, 2.75) is 26.3 Å². The third-order valence-corrected chi connectivity index (χ3v) is 3.44. The molecule has 0 saturated heterocycles. The molecule has 112 valence electrons. The van der Waals surface area contributed by atoms with Gasteiger partial charge in [0.25, 0.3) is 0 Å². The maximum Gasteiger partial charge on any atom is 0.194 e. The lowest BCUT2D eigenvalue weighted by Gasteiger charge is -2.21. The Hall–Kier alpha value is -1.81. The summed E-state index contributed by atoms with van der Waals surface area (Å²) in [6, 6.07) is 9.36. The van der Waals surface area contributed by atoms with Crippen molar-refractivity contribution in [2.75, 3.05) is 6.54 Å². The summed E-state index contributed by atoms with van der Waals surface area (Å²) >= 11 is 0. The molecule has 4 heteroatoms. The monoisotopic (exact) mass is 293 g/mol. The van der Waals surface area contributed by atoms with Gasteiger partial charge in [0, 0.05) is 0 Å². The van der Waals surface area contributed by atoms with Gasteiger partial charge in [0.15, 0.2) is 17.5 Å². The van der Waals surface area contributed by atoms with Crippen LogP contribution in [0.5, 0.6) is 0 Å². The second-order valence-corrected chi connectivity index (χ2v) is 5.04. The number of rotatable bonds is 5. The molecule has 1 atom stereocenters. The minimum Gasteiger partial charge on any atom is -0.306 e. The van der Waals surface area contributed by atoms with Crippen LogP contribution in [0.3, 0.4) is 0 Å². The van der Waals surface area contributed by atoms with E-state index in [1.54, 1.807) is 0 Å². The lowest BCUT2D eigenvalue weighted by molar-refractivity contribution is 0.442. The van der Waals surface area contributed by atoms with Gasteiger partial charge in [-0.25, -0.2) is 13.2 Å². The minimum absolute atomic E-state index is 0.365. The molecule has 2 rings (SSSR count). The lowest BCUT2D eigenvalue weighted by Crippen LogP contribution is -2.24. The lowest BCUT2D eigenvalue weighted by atomic mass is 9.94. The maximum atomic E-state index is 13.5. The van der Waals surface area contributed by atoms with E-state index in [1.165, 1.54) is 0 Å². The summed E-state index contributed by atoms with van der Waals surface area (Å²) in [4.78, 5) is 0. The molecule has 0 amide bonds. The summed E-state index contributed by atoms with van der Waals surface area (Å²) in [6.45, 7) is 4.64. The average molecular weight is 293 g/mol. The minimum atomic E-state index is -1.43. The number of nitrogens with one attached hydrogen (secondary N) is 1. The van der Waals surface area contributed by atoms with Crippen molar-refractivity contribution in [3.8, 4) is 0 Å². The fourth-order valence-corrected chi connectivity index (χ4v) is 2.35. The number of benzene rings is 2. The first-order valence-corrected chi connectivity index (χ1v) is 6.98. The molecule has 2 aromatic rings. The van der Waals surface area contributed by atoms with Crippen LogP contribution in [0.2, 0.25) is 0 Å². The van der Waals surface area contributed by atoms with Gasteiger partial charge >= 0.3 is 0 Å². The van der Waals surface area contributed by atoms with Gasteiger partial charge in [-0.3, -0.25) is 0 Å². The van der Waals surface area contributed by atoms with E-state index in [-0.39, 0.29) is 6.04 Å². The molecule has 0 aliphatic carbocycles. The normalized spacial score (nSPS) is 12.4. The van der Waals surface area contributed by atoms with Crippen molar-refractivity contribution in [1.29, 1.82) is 0 Å². The van der Waals surface area contributed by atoms with Gasteiger partial charge in [0.2, 0.25) is 0 Å². The first-order valence-electron chi connectivity index (χ1n) is 6.98. The molecule has 0 saturated carbocycles. The van der Waals surface area contributed by atoms with Gasteiger partial charge in [-0.15, -0.1) is 0 Å². The van der Waals surface area contributed by atoms with Crippen LogP contribution in [0.1, 0.15) is 36.1 Å². The molecule has 0 aliphatic rings. The molecule has 21 heavy (non-hydrogen) atoms. The van der Waals surface area contributed by atoms with Crippen LogP contribution in [0.4, 0.5) is 13.2 Å². The Morgan fingerprint density at radius 3 is 2.24 bits per heavy atom. The molecule has 0 aromatic heterocycles. The van der Waals surface area contributed by atoms with E-state index >= 15 is 0 Å². The van der Waals surface area contributed by atoms with Crippen molar-refractivity contribution >= 4 is 0 Å². The van der Waals surface area contributed by atoms with Gasteiger partial charge in [-0.1, -0.05) is 31.2 Å². The van der Waals surface area contributed by atoms with Gasteiger partial charge in [-0.2, -0.15) is 0 Å². The number of hydrogen-bond acceptors (Lipinski definition) is 1. The largest absolute Gasteiger partial charge is 0.306 e. The molecule has 1 N–H and O–H groups in total. The zero-order valence-corrected chi connectivity index (χ0v) is 12.1. The highest BCUT2D eigenvalue weighted by Crippen LogP contribution is 2.27. The van der Waals surface area contributed by atoms with Crippen LogP contribution in [0.15, 0.2) is 36.4 Å². The highest BCUT2D eigenvalue weighted by molar-refractivity contribution is 5.37. The number of hydrogen-bond donors (Lipinski definition) is 1. The van der Waals surface area contributed by atoms with E-state index in [0.717, 1.165) is 29.7 Å². The van der Waals surface area contributed by atoms with Gasteiger partial charge in [-0.05, 0) is 48.7 Å². The van der Waals surface area contributed by atoms with Crippen molar-refractivity contribution < 1.29 is 13.2 Å². The fourth-order valence-electron chi connectivity index (χ4n) is 2.35. The predicted octanol–water partition coefficient (Wildman–Crippen LogP) is 4.50. The molecule has 0 bridgehead atoms. The first kappa shape index (κ1) is 15.6. The van der Waals surface area contributed by atoms with Crippen molar-refractivity contribution in [3.05, 3.63) is 70.5 Å². The summed E-state index contributed by atoms with van der Waals surface area (Å²) in [5, 5.41) is 3.26. The molecular formula is C17H18F3N. The summed E-state index contributed by atoms with van der Waals surface area (Å²) < 4.78 is 40.1. The first-order chi connectivity index (χ1) is 10.0. The molecule has 0 fully saturated rings. The zero-order valence-electron chi connectivity index (χ0n) is 12.1. The number of halogens is 3. The quantitative estimate of drug-likeness (QED) is 0.800. The van der Waals surface area contributed by atoms with Crippen LogP contribution in [-0.4, -0.2) is 6.54 Å². The van der Waals surface area contributed by atoms with Crippen LogP contribution >= 0.6 is 0 Å². The molecule has 2 aromatic carbocycles. The number of aryl methyl sites for hydroxylation is 1. The Balaban J connectivity index is 2.48. The molecular weight excluding hydrogens is 275 g/mol. The Morgan fingerprint density at radius 2 is 1.67 bits per heavy atom. The van der Waals surface area contributed by atoms with Gasteiger partial charge in [0.05, 0.1) is 6.04 Å². The van der Waals surface area contributed by atoms with Crippen molar-refractivity contribution in [1.82, 2.24) is 5.32 Å². The standard InChI is InChI=1S/C17H18F3N/c1-3-8-21-17(13-7-5-4-6-11(13)2)12-9-14(18)16(20)15(19)10-12/h4-7,9-10,17,21H,3,8H2,1-2H3. The van der Waals surface area contributed by atoms with Gasteiger partial charge in [0.1, 0.15) is 0 Å². The van der Waals surface area contributed by atoms with Crippen LogP contribution in [0.25, 0.3) is 0 Å². The summed E-state index contributed by atoms with van der Waals surface area (Å²) in [5.74, 6) is -3.76. The Kier molecular flexibility index (Phi) is 5.02. The summed E-state index contributed by atoms with van der Waals surface area (Å²) in [6.07, 6.45) is 0.883. The Morgan fingerprint density at radius 1 is 1.05 bits per heavy atom. The van der Waals surface area contributed by atoms with Crippen LogP contribution < -0.4 is 5.32 Å². The van der Waals surface area contributed by atoms with E-state index in [9.17, 15) is 13.2 Å². The molecule has 1 nitrogen and oxygen atoms in total. The third kappa shape index (κ3) is 3.45. The second-order valence-electron chi connectivity index (χ2n) is 5.04. The van der Waals surface area contributed by atoms with Crippen LogP contribution in [-0.2, 0) is 0 Å². The van der Waals surface area contributed by atoms with Gasteiger partial charge < -0.3 is 5.32 Å². The van der Waals surface area contributed by atoms with Crippen molar-refractivity contribution in [2.24, 2.45) is 0 Å². The maximum absolute atomic E-state index is 13.5. The highest BCUT2D eigenvalue weighted by Gasteiger charge is 2.19. The van der Waals surface area contributed by atoms with Crippen molar-refractivity contribution in [3.63, 3.8) is 0 Å². The molecule has 0 spiro atoms. The summed E-state index contributed by atoms with van der Waals surface area (Å²) in [7, 11) is 0.